The molecule has 94 valence electrons. The van der Waals surface area contributed by atoms with Gasteiger partial charge in [-0.25, -0.2) is 9.78 Å². The Balaban J connectivity index is 1.77. The lowest BCUT2D eigenvalue weighted by atomic mass is 10.1. The molecule has 1 aliphatic rings. The predicted molar refractivity (Wildman–Crippen MR) is 67.3 cm³/mol. The monoisotopic (exact) mass is 255 g/mol. The maximum absolute atomic E-state index is 11.6. The second-order valence-corrected chi connectivity index (χ2v) is 5.57. The van der Waals surface area contributed by atoms with E-state index in [0.717, 1.165) is 24.1 Å². The van der Waals surface area contributed by atoms with Crippen molar-refractivity contribution in [3.8, 4) is 0 Å². The lowest BCUT2D eigenvalue weighted by Gasteiger charge is -2.12. The molecule has 1 saturated carbocycles. The number of thiazole rings is 1. The van der Waals surface area contributed by atoms with Crippen LogP contribution in [0, 0.1) is 5.41 Å². The normalized spacial score (nSPS) is 16.6. The third-order valence-corrected chi connectivity index (χ3v) is 4.10. The van der Waals surface area contributed by atoms with Crippen LogP contribution in [-0.4, -0.2) is 29.3 Å². The molecule has 0 unspecified atom stereocenters. The van der Waals surface area contributed by atoms with Gasteiger partial charge in [0.1, 0.15) is 0 Å². The Bertz CT molecular complexity index is 401. The van der Waals surface area contributed by atoms with E-state index in [-0.39, 0.29) is 18.1 Å². The van der Waals surface area contributed by atoms with Crippen LogP contribution in [-0.2, 0) is 6.42 Å². The second kappa shape index (κ2) is 5.01. The van der Waals surface area contributed by atoms with E-state index in [1.54, 1.807) is 6.20 Å². The summed E-state index contributed by atoms with van der Waals surface area (Å²) in [5.74, 6) is 0. The molecule has 1 aromatic heterocycles. The summed E-state index contributed by atoms with van der Waals surface area (Å²) in [6, 6.07) is -0.248. The number of aryl methyl sites for hydroxylation is 1. The fraction of sp³-hybridized carbons (Fsp3) is 0.636. The standard InChI is InChI=1S/C11H17N3O2S/c1-2-8-5-12-10(17-8)14-9(16)13-6-11(7-15)3-4-11/h5,15H,2-4,6-7H2,1H3,(H2,12,13,14,16). The smallest absolute Gasteiger partial charge is 0.321 e. The zero-order valence-corrected chi connectivity index (χ0v) is 10.6. The second-order valence-electron chi connectivity index (χ2n) is 4.45. The average molecular weight is 255 g/mol. The van der Waals surface area contributed by atoms with Gasteiger partial charge in [0.05, 0.1) is 6.61 Å². The zero-order chi connectivity index (χ0) is 12.3. The van der Waals surface area contributed by atoms with Crippen molar-refractivity contribution in [1.82, 2.24) is 10.3 Å². The Hall–Kier alpha value is -1.14. The Morgan fingerprint density at radius 1 is 1.65 bits per heavy atom. The summed E-state index contributed by atoms with van der Waals surface area (Å²) >= 11 is 1.48. The van der Waals surface area contributed by atoms with Crippen LogP contribution in [0.1, 0.15) is 24.6 Å². The van der Waals surface area contributed by atoms with Crippen molar-refractivity contribution in [2.45, 2.75) is 26.2 Å². The molecule has 0 spiro atoms. The molecule has 2 rings (SSSR count). The minimum atomic E-state index is -0.248. The average Bonchev–Trinajstić information content (AvgIpc) is 2.99. The maximum Gasteiger partial charge on any atom is 0.321 e. The van der Waals surface area contributed by atoms with Gasteiger partial charge in [-0.2, -0.15) is 0 Å². The van der Waals surface area contributed by atoms with E-state index < -0.39 is 0 Å². The molecule has 1 fully saturated rings. The minimum Gasteiger partial charge on any atom is -0.396 e. The molecule has 1 aliphatic carbocycles. The highest BCUT2D eigenvalue weighted by molar-refractivity contribution is 7.15. The summed E-state index contributed by atoms with van der Waals surface area (Å²) < 4.78 is 0. The number of carbonyl (C=O) groups excluding carboxylic acids is 1. The minimum absolute atomic E-state index is 0.0607. The molecular formula is C11H17N3O2S. The molecule has 0 aromatic carbocycles. The zero-order valence-electron chi connectivity index (χ0n) is 9.82. The van der Waals surface area contributed by atoms with Crippen molar-refractivity contribution in [3.63, 3.8) is 0 Å². The maximum atomic E-state index is 11.6. The Morgan fingerprint density at radius 3 is 2.94 bits per heavy atom. The molecule has 3 N–H and O–H groups in total. The SMILES string of the molecule is CCc1cnc(NC(=O)NCC2(CO)CC2)s1. The van der Waals surface area contributed by atoms with E-state index in [4.69, 9.17) is 5.11 Å². The third-order valence-electron chi connectivity index (χ3n) is 3.04. The number of aromatic nitrogens is 1. The highest BCUT2D eigenvalue weighted by Crippen LogP contribution is 2.44. The number of carbonyl (C=O) groups is 1. The van der Waals surface area contributed by atoms with Gasteiger partial charge < -0.3 is 10.4 Å². The third kappa shape index (κ3) is 3.17. The van der Waals surface area contributed by atoms with Gasteiger partial charge in [0.15, 0.2) is 5.13 Å². The number of aliphatic hydroxyl groups is 1. The van der Waals surface area contributed by atoms with Gasteiger partial charge >= 0.3 is 6.03 Å². The summed E-state index contributed by atoms with van der Waals surface area (Å²) in [7, 11) is 0. The molecule has 1 heterocycles. The van der Waals surface area contributed by atoms with Crippen LogP contribution in [0.3, 0.4) is 0 Å². The summed E-state index contributed by atoms with van der Waals surface area (Å²) in [5.41, 5.74) is -0.0607. The first kappa shape index (κ1) is 12.3. The summed E-state index contributed by atoms with van der Waals surface area (Å²) in [6.07, 6.45) is 4.67. The molecule has 0 atom stereocenters. The van der Waals surface area contributed by atoms with Crippen LogP contribution in [0.25, 0.3) is 0 Å². The van der Waals surface area contributed by atoms with Crippen molar-refractivity contribution in [1.29, 1.82) is 0 Å². The van der Waals surface area contributed by atoms with Crippen LogP contribution in [0.15, 0.2) is 6.20 Å². The Labute approximate surface area is 104 Å². The first-order valence-electron chi connectivity index (χ1n) is 5.78. The highest BCUT2D eigenvalue weighted by atomic mass is 32.1. The van der Waals surface area contributed by atoms with Crippen molar-refractivity contribution < 1.29 is 9.90 Å². The van der Waals surface area contributed by atoms with Crippen molar-refractivity contribution in [2.24, 2.45) is 5.41 Å². The number of urea groups is 1. The van der Waals surface area contributed by atoms with Crippen LogP contribution >= 0.6 is 11.3 Å². The number of rotatable bonds is 5. The molecule has 1 aromatic rings. The molecular weight excluding hydrogens is 238 g/mol. The van der Waals surface area contributed by atoms with Gasteiger partial charge in [0.2, 0.25) is 0 Å². The van der Waals surface area contributed by atoms with E-state index in [1.807, 2.05) is 0 Å². The van der Waals surface area contributed by atoms with E-state index in [1.165, 1.54) is 11.3 Å². The molecule has 0 saturated heterocycles. The molecule has 17 heavy (non-hydrogen) atoms. The van der Waals surface area contributed by atoms with Crippen molar-refractivity contribution in [2.75, 3.05) is 18.5 Å². The molecule has 0 bridgehead atoms. The lowest BCUT2D eigenvalue weighted by Crippen LogP contribution is -2.35. The fourth-order valence-corrected chi connectivity index (χ4v) is 2.25. The first-order valence-corrected chi connectivity index (χ1v) is 6.59. The largest absolute Gasteiger partial charge is 0.396 e. The van der Waals surface area contributed by atoms with Gasteiger partial charge in [-0.15, -0.1) is 11.3 Å². The van der Waals surface area contributed by atoms with Crippen molar-refractivity contribution >= 4 is 22.5 Å². The van der Waals surface area contributed by atoms with E-state index in [2.05, 4.69) is 22.5 Å². The molecule has 0 aliphatic heterocycles. The van der Waals surface area contributed by atoms with Gasteiger partial charge in [0, 0.05) is 23.0 Å². The fourth-order valence-electron chi connectivity index (χ4n) is 1.51. The van der Waals surface area contributed by atoms with Crippen LogP contribution < -0.4 is 10.6 Å². The molecule has 6 heteroatoms. The number of amides is 2. The first-order chi connectivity index (χ1) is 8.17. The van der Waals surface area contributed by atoms with E-state index in [9.17, 15) is 4.79 Å². The van der Waals surface area contributed by atoms with Crippen LogP contribution in [0.2, 0.25) is 0 Å². The lowest BCUT2D eigenvalue weighted by molar-refractivity contribution is 0.206. The number of nitrogens with one attached hydrogen (secondary N) is 2. The number of hydrogen-bond acceptors (Lipinski definition) is 4. The van der Waals surface area contributed by atoms with Gasteiger partial charge in [-0.1, -0.05) is 6.92 Å². The predicted octanol–water partition coefficient (Wildman–Crippen LogP) is 1.60. The quantitative estimate of drug-likeness (QED) is 0.748. The number of hydrogen-bond donors (Lipinski definition) is 3. The summed E-state index contributed by atoms with van der Waals surface area (Å²) in [4.78, 5) is 16.8. The van der Waals surface area contributed by atoms with E-state index >= 15 is 0 Å². The summed E-state index contributed by atoms with van der Waals surface area (Å²) in [6.45, 7) is 2.72. The van der Waals surface area contributed by atoms with Gasteiger partial charge in [-0.05, 0) is 19.3 Å². The molecule has 0 radical (unpaired) electrons. The molecule has 5 nitrogen and oxygen atoms in total. The van der Waals surface area contributed by atoms with Crippen LogP contribution in [0.4, 0.5) is 9.93 Å². The highest BCUT2D eigenvalue weighted by Gasteiger charge is 2.42. The number of aliphatic hydroxyl groups excluding tert-OH is 1. The Morgan fingerprint density at radius 2 is 2.41 bits per heavy atom. The summed E-state index contributed by atoms with van der Waals surface area (Å²) in [5, 5.41) is 15.2. The number of nitrogens with zero attached hydrogens (tertiary/aromatic N) is 1. The topological polar surface area (TPSA) is 74.2 Å². The van der Waals surface area contributed by atoms with Crippen LogP contribution in [0.5, 0.6) is 0 Å². The molecule has 2 amide bonds. The number of anilines is 1. The van der Waals surface area contributed by atoms with Gasteiger partial charge in [-0.3, -0.25) is 5.32 Å². The Kier molecular flexibility index (Phi) is 3.63. The van der Waals surface area contributed by atoms with Crippen molar-refractivity contribution in [3.05, 3.63) is 11.1 Å². The van der Waals surface area contributed by atoms with E-state index in [0.29, 0.717) is 11.7 Å². The van der Waals surface area contributed by atoms with Gasteiger partial charge in [0.25, 0.3) is 0 Å².